The van der Waals surface area contributed by atoms with Crippen LogP contribution in [-0.4, -0.2) is 45.4 Å². The van der Waals surface area contributed by atoms with Crippen LogP contribution in [0.4, 0.5) is 0 Å². The molecule has 0 bridgehead atoms. The molecule has 0 unspecified atom stereocenters. The lowest BCUT2D eigenvalue weighted by atomic mass is 9.93. The maximum absolute atomic E-state index is 9.62. The standard InChI is InChI=1S/C31H38O5Si/c1-23-28-31(36-37(23,2)3)30(34-21-26-17-11-6-12-18-26)29(33-20-25-15-9-5-10-16-25)27(35-28)22-32-19-24-13-7-4-8-14-24/h4-18,23,27-31H,19-22H2,1-3H3/t23-,27-,28-,29-,30+,31+/m1/s1/i1D,27D. The molecule has 3 aromatic carbocycles. The molecule has 2 saturated heterocycles. The highest BCUT2D eigenvalue weighted by Gasteiger charge is 2.59. The van der Waals surface area contributed by atoms with E-state index < -0.39 is 38.8 Å². The smallest absolute Gasteiger partial charge is 0.192 e. The minimum absolute atomic E-state index is 0.00245. The number of hydrogen-bond acceptors (Lipinski definition) is 5. The van der Waals surface area contributed by atoms with Crippen molar-refractivity contribution in [1.82, 2.24) is 0 Å². The van der Waals surface area contributed by atoms with Crippen molar-refractivity contribution in [3.63, 3.8) is 0 Å². The predicted molar refractivity (Wildman–Crippen MR) is 147 cm³/mol. The molecule has 2 fully saturated rings. The molecule has 0 radical (unpaired) electrons. The zero-order valence-corrected chi connectivity index (χ0v) is 22.6. The van der Waals surface area contributed by atoms with Gasteiger partial charge in [-0.25, -0.2) is 0 Å². The molecule has 0 spiro atoms. The summed E-state index contributed by atoms with van der Waals surface area (Å²) >= 11 is 0. The van der Waals surface area contributed by atoms with Crippen LogP contribution in [0.3, 0.4) is 0 Å². The van der Waals surface area contributed by atoms with E-state index in [-0.39, 0.29) is 19.0 Å². The second kappa shape index (κ2) is 12.0. The third kappa shape index (κ3) is 6.40. The van der Waals surface area contributed by atoms with Gasteiger partial charge in [-0.15, -0.1) is 0 Å². The highest BCUT2D eigenvalue weighted by atomic mass is 28.4. The molecule has 0 N–H and O–H groups in total. The maximum Gasteiger partial charge on any atom is 0.192 e. The van der Waals surface area contributed by atoms with Crippen molar-refractivity contribution in [2.24, 2.45) is 0 Å². The molecule has 2 aliphatic rings. The van der Waals surface area contributed by atoms with Gasteiger partial charge in [0.2, 0.25) is 0 Å². The Kier molecular flexibility index (Phi) is 7.73. The molecular formula is C31H38O5Si. The molecule has 2 aliphatic heterocycles. The second-order valence-electron chi connectivity index (χ2n) is 10.3. The van der Waals surface area contributed by atoms with Crippen LogP contribution >= 0.6 is 0 Å². The van der Waals surface area contributed by atoms with E-state index in [0.29, 0.717) is 19.8 Å². The van der Waals surface area contributed by atoms with Gasteiger partial charge in [0.05, 0.1) is 33.9 Å². The zero-order valence-electron chi connectivity index (χ0n) is 23.6. The van der Waals surface area contributed by atoms with Gasteiger partial charge in [0.15, 0.2) is 8.32 Å². The summed E-state index contributed by atoms with van der Waals surface area (Å²) < 4.78 is 50.4. The van der Waals surface area contributed by atoms with Crippen LogP contribution in [0.5, 0.6) is 0 Å². The Labute approximate surface area is 224 Å². The SMILES string of the molecule is [2H]C[C@@H]1[C@H]2O[C@]([2H])(COCc3ccccc3)[C@@H](OCc3ccccc3)[C@H](OCc3ccccc3)[C@H]2O[Si]1(C)C. The number of fused-ring (bicyclic) bond motifs is 1. The first-order chi connectivity index (χ1) is 18.9. The van der Waals surface area contributed by atoms with Gasteiger partial charge < -0.3 is 23.4 Å². The van der Waals surface area contributed by atoms with E-state index in [1.807, 2.05) is 91.0 Å². The van der Waals surface area contributed by atoms with Crippen molar-refractivity contribution in [2.75, 3.05) is 6.61 Å². The molecule has 3 aromatic rings. The number of ether oxygens (including phenoxy) is 4. The van der Waals surface area contributed by atoms with Crippen LogP contribution in [0.2, 0.25) is 18.6 Å². The molecule has 196 valence electrons. The summed E-state index contributed by atoms with van der Waals surface area (Å²) in [7, 11) is -2.28. The summed E-state index contributed by atoms with van der Waals surface area (Å²) in [5.41, 5.74) is 2.97. The van der Waals surface area contributed by atoms with Crippen LogP contribution in [0.15, 0.2) is 91.0 Å². The fourth-order valence-electron chi connectivity index (χ4n) is 4.99. The van der Waals surface area contributed by atoms with Crippen LogP contribution in [-0.2, 0) is 43.2 Å². The van der Waals surface area contributed by atoms with Gasteiger partial charge in [0.1, 0.15) is 24.4 Å². The zero-order chi connectivity index (χ0) is 27.3. The van der Waals surface area contributed by atoms with Crippen LogP contribution in [0.1, 0.15) is 26.3 Å². The Morgan fingerprint density at radius 2 is 1.24 bits per heavy atom. The molecule has 0 aliphatic carbocycles. The molecule has 37 heavy (non-hydrogen) atoms. The number of benzene rings is 3. The maximum atomic E-state index is 9.62. The van der Waals surface area contributed by atoms with Gasteiger partial charge in [-0.1, -0.05) is 97.9 Å². The summed E-state index contributed by atoms with van der Waals surface area (Å²) in [5.74, 6) is 0. The predicted octanol–water partition coefficient (Wildman–Crippen LogP) is 6.14. The monoisotopic (exact) mass is 520 g/mol. The fraction of sp³-hybridized carbons (Fsp3) is 0.419. The minimum Gasteiger partial charge on any atom is -0.409 e. The fourth-order valence-corrected chi connectivity index (χ4v) is 7.18. The Balaban J connectivity index is 1.44. The summed E-state index contributed by atoms with van der Waals surface area (Å²) in [6.07, 6.45) is -3.72. The van der Waals surface area contributed by atoms with Crippen LogP contribution in [0.25, 0.3) is 0 Å². The number of hydrogen-bond donors (Lipinski definition) is 0. The normalized spacial score (nSPS) is 31.4. The second-order valence-corrected chi connectivity index (χ2v) is 14.5. The minimum atomic E-state index is -2.28. The Bertz CT molecular complexity index is 1170. The summed E-state index contributed by atoms with van der Waals surface area (Å²) in [4.78, 5) is 0. The van der Waals surface area contributed by atoms with Gasteiger partial charge in [0.25, 0.3) is 0 Å². The molecule has 5 nitrogen and oxygen atoms in total. The van der Waals surface area contributed by atoms with E-state index in [4.69, 9.17) is 24.7 Å². The van der Waals surface area contributed by atoms with Crippen molar-refractivity contribution in [2.45, 2.75) is 75.9 Å². The van der Waals surface area contributed by atoms with E-state index in [1.165, 1.54) is 0 Å². The quantitative estimate of drug-likeness (QED) is 0.301. The first kappa shape index (κ1) is 23.8. The van der Waals surface area contributed by atoms with E-state index in [2.05, 4.69) is 13.1 Å². The third-order valence-corrected chi connectivity index (χ3v) is 10.2. The first-order valence-corrected chi connectivity index (χ1v) is 16.0. The summed E-state index contributed by atoms with van der Waals surface area (Å²) in [6, 6.07) is 29.8. The van der Waals surface area contributed by atoms with E-state index in [1.54, 1.807) is 0 Å². The molecule has 2 heterocycles. The molecular weight excluding hydrogens is 480 g/mol. The summed E-state index contributed by atoms with van der Waals surface area (Å²) in [6.45, 7) is 5.46. The van der Waals surface area contributed by atoms with Crippen molar-refractivity contribution >= 4 is 8.32 Å². The van der Waals surface area contributed by atoms with Gasteiger partial charge >= 0.3 is 0 Å². The van der Waals surface area contributed by atoms with E-state index in [0.717, 1.165) is 16.7 Å². The molecule has 0 aromatic heterocycles. The average molecular weight is 521 g/mol. The highest BCUT2D eigenvalue weighted by molar-refractivity contribution is 6.73. The van der Waals surface area contributed by atoms with Crippen molar-refractivity contribution in [1.29, 1.82) is 0 Å². The van der Waals surface area contributed by atoms with Gasteiger partial charge in [-0.2, -0.15) is 0 Å². The van der Waals surface area contributed by atoms with Crippen LogP contribution in [0, 0.1) is 0 Å². The summed E-state index contributed by atoms with van der Waals surface area (Å²) in [5, 5.41) is 0. The highest BCUT2D eigenvalue weighted by Crippen LogP contribution is 2.45. The van der Waals surface area contributed by atoms with Crippen molar-refractivity contribution in [3.05, 3.63) is 108 Å². The lowest BCUT2D eigenvalue weighted by Crippen LogP contribution is -2.59. The third-order valence-electron chi connectivity index (χ3n) is 7.19. The molecule has 6 heteroatoms. The molecule has 0 saturated carbocycles. The van der Waals surface area contributed by atoms with Gasteiger partial charge in [-0.05, 0) is 29.8 Å². The lowest BCUT2D eigenvalue weighted by molar-refractivity contribution is -0.248. The molecule has 0 amide bonds. The Morgan fingerprint density at radius 3 is 1.78 bits per heavy atom. The van der Waals surface area contributed by atoms with E-state index in [9.17, 15) is 1.37 Å². The Hall–Kier alpha value is -2.32. The van der Waals surface area contributed by atoms with Crippen LogP contribution < -0.4 is 0 Å². The molecule has 5 rings (SSSR count). The van der Waals surface area contributed by atoms with Crippen molar-refractivity contribution < 1.29 is 26.1 Å². The van der Waals surface area contributed by atoms with Gasteiger partial charge in [0, 0.05) is 6.91 Å². The molecule has 6 atom stereocenters. The topological polar surface area (TPSA) is 46.2 Å². The van der Waals surface area contributed by atoms with Gasteiger partial charge in [-0.3, -0.25) is 0 Å². The van der Waals surface area contributed by atoms with Crippen molar-refractivity contribution in [3.8, 4) is 0 Å². The van der Waals surface area contributed by atoms with E-state index >= 15 is 0 Å². The largest absolute Gasteiger partial charge is 0.409 e. The first-order valence-electron chi connectivity index (χ1n) is 14.2. The number of rotatable bonds is 10. The Morgan fingerprint density at radius 1 is 0.730 bits per heavy atom. The average Bonchev–Trinajstić information content (AvgIpc) is 3.20. The lowest BCUT2D eigenvalue weighted by Gasteiger charge is -2.44.